The summed E-state index contributed by atoms with van der Waals surface area (Å²) in [6.07, 6.45) is -0.639. The van der Waals surface area contributed by atoms with Crippen LogP contribution in [0.4, 0.5) is 0 Å². The molecule has 2 atom stereocenters. The fraction of sp³-hybridized carbons (Fsp3) is 0.889. The highest BCUT2D eigenvalue weighted by Crippen LogP contribution is 1.86. The molecule has 0 radical (unpaired) electrons. The zero-order valence-corrected chi connectivity index (χ0v) is 9.23. The lowest BCUT2D eigenvalue weighted by molar-refractivity contribution is -0.126. The van der Waals surface area contributed by atoms with Crippen LogP contribution in [0.2, 0.25) is 0 Å². The topological polar surface area (TPSA) is 93.8 Å². The Bertz CT molecular complexity index is 175. The van der Waals surface area contributed by atoms with Crippen LogP contribution in [-0.4, -0.2) is 56.6 Å². The molecular formula is C9H20N2O4. The van der Waals surface area contributed by atoms with Gasteiger partial charge in [-0.3, -0.25) is 4.79 Å². The van der Waals surface area contributed by atoms with E-state index in [4.69, 9.17) is 20.3 Å². The predicted molar refractivity (Wildman–Crippen MR) is 55.4 cm³/mol. The minimum Gasteiger partial charge on any atom is -0.392 e. The number of nitrogens with one attached hydrogen (secondary N) is 1. The van der Waals surface area contributed by atoms with Gasteiger partial charge in [-0.25, -0.2) is 0 Å². The summed E-state index contributed by atoms with van der Waals surface area (Å²) in [6.45, 7) is 2.64. The van der Waals surface area contributed by atoms with Gasteiger partial charge in [0.25, 0.3) is 0 Å². The molecule has 0 saturated heterocycles. The first-order valence-corrected chi connectivity index (χ1v) is 4.85. The van der Waals surface area contributed by atoms with Crippen LogP contribution in [0.25, 0.3) is 0 Å². The summed E-state index contributed by atoms with van der Waals surface area (Å²) >= 11 is 0. The highest BCUT2D eigenvalue weighted by Gasteiger charge is 2.10. The maximum atomic E-state index is 11.1. The standard InChI is InChI=1S/C9H20N2O4/c1-7(12)8(10)5-11-9(13)6-15-4-3-14-2/h7-8,12H,3-6,10H2,1-2H3,(H,11,13). The third-order valence-electron chi connectivity index (χ3n) is 1.82. The van der Waals surface area contributed by atoms with Gasteiger partial charge in [-0.1, -0.05) is 0 Å². The third kappa shape index (κ3) is 8.31. The molecule has 0 aliphatic carbocycles. The Balaban J connectivity index is 3.41. The molecule has 2 unspecified atom stereocenters. The van der Waals surface area contributed by atoms with Crippen LogP contribution in [0.5, 0.6) is 0 Å². The van der Waals surface area contributed by atoms with Crippen LogP contribution < -0.4 is 11.1 Å². The molecule has 0 heterocycles. The molecule has 0 aromatic rings. The summed E-state index contributed by atoms with van der Waals surface area (Å²) in [6, 6.07) is -0.451. The zero-order chi connectivity index (χ0) is 11.7. The summed E-state index contributed by atoms with van der Waals surface area (Å²) in [5.74, 6) is -0.248. The predicted octanol–water partition coefficient (Wildman–Crippen LogP) is -1.53. The molecule has 0 aromatic heterocycles. The Morgan fingerprint density at radius 1 is 1.53 bits per heavy atom. The smallest absolute Gasteiger partial charge is 0.246 e. The molecule has 6 nitrogen and oxygen atoms in total. The fourth-order valence-corrected chi connectivity index (χ4v) is 0.760. The normalized spacial score (nSPS) is 14.7. The van der Waals surface area contributed by atoms with E-state index in [1.807, 2.05) is 0 Å². The molecule has 0 fully saturated rings. The van der Waals surface area contributed by atoms with Gasteiger partial charge in [0.2, 0.25) is 5.91 Å². The third-order valence-corrected chi connectivity index (χ3v) is 1.82. The average molecular weight is 220 g/mol. The molecule has 0 saturated carbocycles. The highest BCUT2D eigenvalue weighted by atomic mass is 16.5. The molecule has 6 heteroatoms. The van der Waals surface area contributed by atoms with Gasteiger partial charge in [-0.2, -0.15) is 0 Å². The quantitative estimate of drug-likeness (QED) is 0.432. The minimum absolute atomic E-state index is 0.0180. The molecule has 0 spiro atoms. The molecule has 0 aliphatic rings. The van der Waals surface area contributed by atoms with E-state index < -0.39 is 12.1 Å². The zero-order valence-electron chi connectivity index (χ0n) is 9.23. The molecule has 90 valence electrons. The Hall–Kier alpha value is -0.690. The van der Waals surface area contributed by atoms with Gasteiger partial charge in [-0.15, -0.1) is 0 Å². The Morgan fingerprint density at radius 2 is 2.20 bits per heavy atom. The van der Waals surface area contributed by atoms with Gasteiger partial charge in [-0.05, 0) is 6.92 Å². The number of nitrogens with two attached hydrogens (primary N) is 1. The number of carbonyl (C=O) groups is 1. The minimum atomic E-state index is -0.639. The lowest BCUT2D eigenvalue weighted by Crippen LogP contribution is -2.44. The first-order valence-electron chi connectivity index (χ1n) is 4.85. The first kappa shape index (κ1) is 14.3. The molecule has 0 aliphatic heterocycles. The fourth-order valence-electron chi connectivity index (χ4n) is 0.760. The monoisotopic (exact) mass is 220 g/mol. The van der Waals surface area contributed by atoms with E-state index in [2.05, 4.69) is 5.32 Å². The van der Waals surface area contributed by atoms with Crippen molar-refractivity contribution in [2.45, 2.75) is 19.1 Å². The van der Waals surface area contributed by atoms with Crippen molar-refractivity contribution < 1.29 is 19.4 Å². The van der Waals surface area contributed by atoms with Gasteiger partial charge in [0.15, 0.2) is 0 Å². The number of hydrogen-bond donors (Lipinski definition) is 3. The van der Waals surface area contributed by atoms with Crippen molar-refractivity contribution in [1.82, 2.24) is 5.32 Å². The van der Waals surface area contributed by atoms with Crippen molar-refractivity contribution in [3.8, 4) is 0 Å². The summed E-state index contributed by atoms with van der Waals surface area (Å²) in [4.78, 5) is 11.1. The van der Waals surface area contributed by atoms with Crippen LogP contribution in [-0.2, 0) is 14.3 Å². The van der Waals surface area contributed by atoms with Crippen LogP contribution in [0.1, 0.15) is 6.92 Å². The van der Waals surface area contributed by atoms with Crippen LogP contribution in [0, 0.1) is 0 Å². The highest BCUT2D eigenvalue weighted by molar-refractivity contribution is 5.77. The van der Waals surface area contributed by atoms with Gasteiger partial charge in [0.05, 0.1) is 19.3 Å². The van der Waals surface area contributed by atoms with Crippen LogP contribution in [0.15, 0.2) is 0 Å². The average Bonchev–Trinajstić information content (AvgIpc) is 2.20. The maximum Gasteiger partial charge on any atom is 0.246 e. The van der Waals surface area contributed by atoms with E-state index >= 15 is 0 Å². The summed E-state index contributed by atoms with van der Waals surface area (Å²) in [5.41, 5.74) is 5.52. The van der Waals surface area contributed by atoms with Crippen molar-refractivity contribution in [3.63, 3.8) is 0 Å². The van der Waals surface area contributed by atoms with Crippen molar-refractivity contribution in [2.75, 3.05) is 33.5 Å². The SMILES string of the molecule is COCCOCC(=O)NCC(N)C(C)O. The maximum absolute atomic E-state index is 11.1. The van der Waals surface area contributed by atoms with E-state index in [0.29, 0.717) is 13.2 Å². The Labute approximate surface area is 89.7 Å². The Morgan fingerprint density at radius 3 is 2.73 bits per heavy atom. The number of carbonyl (C=O) groups excluding carboxylic acids is 1. The van der Waals surface area contributed by atoms with Crippen LogP contribution >= 0.6 is 0 Å². The van der Waals surface area contributed by atoms with E-state index in [9.17, 15) is 4.79 Å². The van der Waals surface area contributed by atoms with Crippen molar-refractivity contribution in [1.29, 1.82) is 0 Å². The largest absolute Gasteiger partial charge is 0.392 e. The second-order valence-corrected chi connectivity index (χ2v) is 3.25. The van der Waals surface area contributed by atoms with E-state index in [-0.39, 0.29) is 19.1 Å². The number of rotatable bonds is 8. The number of hydrogen-bond acceptors (Lipinski definition) is 5. The molecule has 0 bridgehead atoms. The lowest BCUT2D eigenvalue weighted by atomic mass is 10.2. The molecule has 4 N–H and O–H groups in total. The van der Waals surface area contributed by atoms with Gasteiger partial charge >= 0.3 is 0 Å². The number of amides is 1. The molecule has 0 aromatic carbocycles. The van der Waals surface area contributed by atoms with Crippen molar-refractivity contribution >= 4 is 5.91 Å². The summed E-state index contributed by atoms with van der Waals surface area (Å²) in [5, 5.41) is 11.6. The summed E-state index contributed by atoms with van der Waals surface area (Å²) < 4.78 is 9.73. The Kier molecular flexibility index (Phi) is 8.21. The molecule has 0 rings (SSSR count). The number of ether oxygens (including phenoxy) is 2. The number of aliphatic hydroxyl groups excluding tert-OH is 1. The molecule has 15 heavy (non-hydrogen) atoms. The van der Waals surface area contributed by atoms with E-state index in [1.54, 1.807) is 14.0 Å². The second kappa shape index (κ2) is 8.60. The lowest BCUT2D eigenvalue weighted by Gasteiger charge is -2.15. The van der Waals surface area contributed by atoms with Crippen molar-refractivity contribution in [2.24, 2.45) is 5.73 Å². The van der Waals surface area contributed by atoms with E-state index in [0.717, 1.165) is 0 Å². The molecule has 1 amide bonds. The first-order chi connectivity index (χ1) is 7.07. The summed E-state index contributed by atoms with van der Waals surface area (Å²) in [7, 11) is 1.56. The van der Waals surface area contributed by atoms with E-state index in [1.165, 1.54) is 0 Å². The number of aliphatic hydroxyl groups is 1. The number of methoxy groups -OCH3 is 1. The van der Waals surface area contributed by atoms with Gasteiger partial charge < -0.3 is 25.6 Å². The molecular weight excluding hydrogens is 200 g/mol. The van der Waals surface area contributed by atoms with Gasteiger partial charge in [0.1, 0.15) is 6.61 Å². The second-order valence-electron chi connectivity index (χ2n) is 3.25. The van der Waals surface area contributed by atoms with Crippen molar-refractivity contribution in [3.05, 3.63) is 0 Å². The van der Waals surface area contributed by atoms with Crippen LogP contribution in [0.3, 0.4) is 0 Å². The van der Waals surface area contributed by atoms with Gasteiger partial charge in [0, 0.05) is 19.7 Å².